The standard InChI is InChI=1S/C43H56O17/c1-19-27(57-33-15-26(45)37(47)21(3)55-33)9-11-31(53-19)59-29-16-34(56-22(4)38(29)48)58-28-10-12-32(54-20(28)2)60-43-30(46)17-41(5,51)18-42(43,52)14-13-24-36(43)40(50)23-7-6-8-25(44)35(23)39(24)49/h6-8,13-14,19-22,26-29,31-34,37-38,44-45,47-48,51-52H,9-12,15-18H2,1-5H3/t19?,20?,21?,22?,26?,27?,28?,29?,31?,32?,33?,34?,37?,38?,41-,42-,43-/m0/s1. The van der Waals surface area contributed by atoms with E-state index in [1.807, 2.05) is 6.92 Å². The van der Waals surface area contributed by atoms with Gasteiger partial charge in [0.05, 0.1) is 65.6 Å². The lowest BCUT2D eigenvalue weighted by molar-refractivity contribution is -0.330. The zero-order valence-corrected chi connectivity index (χ0v) is 34.3. The minimum absolute atomic E-state index is 0.134. The van der Waals surface area contributed by atoms with Crippen molar-refractivity contribution in [3.05, 3.63) is 52.6 Å². The Morgan fingerprint density at radius 1 is 0.700 bits per heavy atom. The van der Waals surface area contributed by atoms with Crippen molar-refractivity contribution in [3.8, 4) is 5.75 Å². The van der Waals surface area contributed by atoms with Gasteiger partial charge in [-0.2, -0.15) is 0 Å². The van der Waals surface area contributed by atoms with E-state index >= 15 is 0 Å². The van der Waals surface area contributed by atoms with Crippen LogP contribution < -0.4 is 0 Å². The van der Waals surface area contributed by atoms with Crippen LogP contribution in [0.5, 0.6) is 5.75 Å². The van der Waals surface area contributed by atoms with Gasteiger partial charge in [-0.3, -0.25) is 14.4 Å². The van der Waals surface area contributed by atoms with Gasteiger partial charge in [0, 0.05) is 49.7 Å². The summed E-state index contributed by atoms with van der Waals surface area (Å²) in [5.74, 6) is -2.69. The smallest absolute Gasteiger partial charge is 0.198 e. The van der Waals surface area contributed by atoms with E-state index < -0.39 is 133 Å². The number of aliphatic hydroxyl groups excluding tert-OH is 3. The molecule has 14 unspecified atom stereocenters. The summed E-state index contributed by atoms with van der Waals surface area (Å²) in [4.78, 5) is 42.4. The van der Waals surface area contributed by atoms with Gasteiger partial charge in [0.1, 0.15) is 23.6 Å². The monoisotopic (exact) mass is 844 g/mol. The number of hydrogen-bond donors (Lipinski definition) is 6. The lowest BCUT2D eigenvalue weighted by Gasteiger charge is -2.55. The third-order valence-corrected chi connectivity index (χ3v) is 13.1. The predicted octanol–water partition coefficient (Wildman–Crippen LogP) is 1.80. The largest absolute Gasteiger partial charge is 0.507 e. The average molecular weight is 845 g/mol. The summed E-state index contributed by atoms with van der Waals surface area (Å²) >= 11 is 0. The molecule has 6 N–H and O–H groups in total. The van der Waals surface area contributed by atoms with Crippen LogP contribution in [0.3, 0.4) is 0 Å². The first-order chi connectivity index (χ1) is 28.3. The fourth-order valence-corrected chi connectivity index (χ4v) is 9.97. The van der Waals surface area contributed by atoms with Crippen molar-refractivity contribution in [2.24, 2.45) is 0 Å². The van der Waals surface area contributed by atoms with Crippen LogP contribution in [0.1, 0.15) is 107 Å². The molecule has 1 saturated carbocycles. The van der Waals surface area contributed by atoms with Gasteiger partial charge in [-0.1, -0.05) is 18.2 Å². The number of phenols is 1. The van der Waals surface area contributed by atoms with Gasteiger partial charge in [-0.25, -0.2) is 0 Å². The molecule has 7 aliphatic rings. The molecule has 0 amide bonds. The molecular formula is C43H56O17. The first kappa shape index (κ1) is 43.6. The number of carbonyl (C=O) groups excluding carboxylic acids is 3. The summed E-state index contributed by atoms with van der Waals surface area (Å²) in [7, 11) is 0. The third kappa shape index (κ3) is 7.73. The zero-order valence-electron chi connectivity index (χ0n) is 34.3. The highest BCUT2D eigenvalue weighted by Gasteiger charge is 2.69. The fraction of sp³-hybridized carbons (Fsp3) is 0.698. The number of aromatic hydroxyl groups is 1. The first-order valence-electron chi connectivity index (χ1n) is 20.9. The second-order valence-corrected chi connectivity index (χ2v) is 17.8. The second-order valence-electron chi connectivity index (χ2n) is 17.8. The Morgan fingerprint density at radius 2 is 1.28 bits per heavy atom. The highest BCUT2D eigenvalue weighted by atomic mass is 16.7. The van der Waals surface area contributed by atoms with Crippen LogP contribution in [0.2, 0.25) is 0 Å². The Kier molecular flexibility index (Phi) is 11.8. The fourth-order valence-electron chi connectivity index (χ4n) is 9.97. The summed E-state index contributed by atoms with van der Waals surface area (Å²) in [5.41, 5.74) is -7.26. The van der Waals surface area contributed by atoms with Crippen molar-refractivity contribution in [3.63, 3.8) is 0 Å². The lowest BCUT2D eigenvalue weighted by Crippen LogP contribution is -2.71. The van der Waals surface area contributed by atoms with Gasteiger partial charge >= 0.3 is 0 Å². The molecule has 8 rings (SSSR count). The van der Waals surface area contributed by atoms with Crippen LogP contribution in [-0.2, 0) is 42.7 Å². The van der Waals surface area contributed by atoms with Crippen LogP contribution in [0, 0.1) is 0 Å². The van der Waals surface area contributed by atoms with Crippen molar-refractivity contribution in [2.75, 3.05) is 0 Å². The van der Waals surface area contributed by atoms with E-state index in [1.165, 1.54) is 37.3 Å². The molecule has 0 aromatic heterocycles. The van der Waals surface area contributed by atoms with Gasteiger partial charge in [0.15, 0.2) is 48.1 Å². The topological polar surface area (TPSA) is 246 Å². The van der Waals surface area contributed by atoms with Gasteiger partial charge in [0.2, 0.25) is 0 Å². The molecular weight excluding hydrogens is 788 g/mol. The molecule has 17 heteroatoms. The van der Waals surface area contributed by atoms with Crippen LogP contribution in [0.4, 0.5) is 0 Å². The number of aliphatic hydroxyl groups is 5. The summed E-state index contributed by atoms with van der Waals surface area (Å²) in [6.07, 6.45) is -6.82. The van der Waals surface area contributed by atoms with Crippen molar-refractivity contribution in [1.82, 2.24) is 0 Å². The van der Waals surface area contributed by atoms with Crippen molar-refractivity contribution < 1.29 is 82.9 Å². The van der Waals surface area contributed by atoms with Crippen LogP contribution >= 0.6 is 0 Å². The van der Waals surface area contributed by atoms with E-state index in [9.17, 15) is 45.0 Å². The van der Waals surface area contributed by atoms with Gasteiger partial charge in [0.25, 0.3) is 0 Å². The number of carbonyl (C=O) groups is 3. The molecule has 3 aliphatic carbocycles. The molecule has 5 fully saturated rings. The Morgan fingerprint density at radius 3 is 1.93 bits per heavy atom. The second kappa shape index (κ2) is 16.3. The van der Waals surface area contributed by atoms with Gasteiger partial charge < -0.3 is 68.5 Å². The van der Waals surface area contributed by atoms with Crippen LogP contribution in [0.25, 0.3) is 0 Å². The summed E-state index contributed by atoms with van der Waals surface area (Å²) in [5, 5.41) is 65.1. The highest BCUT2D eigenvalue weighted by molar-refractivity contribution is 6.31. The number of ketones is 3. The maximum atomic E-state index is 14.3. The molecule has 330 valence electrons. The molecule has 4 aliphatic heterocycles. The Balaban J connectivity index is 0.920. The van der Waals surface area contributed by atoms with E-state index in [2.05, 4.69) is 0 Å². The molecule has 4 saturated heterocycles. The Bertz CT molecular complexity index is 1900. The molecule has 0 spiro atoms. The minimum atomic E-state index is -2.42. The average Bonchev–Trinajstić information content (AvgIpc) is 3.16. The summed E-state index contributed by atoms with van der Waals surface area (Å²) < 4.78 is 49.5. The third-order valence-electron chi connectivity index (χ3n) is 13.1. The molecule has 1 aromatic rings. The number of rotatable bonds is 8. The van der Waals surface area contributed by atoms with E-state index in [1.54, 1.807) is 20.8 Å². The SMILES string of the molecule is CC1OC(OC2CC(OC3CCC(O[C@]45C(=O)C[C@](C)(O)C[C@@]4(O)C=CC4=C5C(=O)c5cccc(O)c5C4=O)OC3C)OC(C)C2O)CCC1OC1CC(O)C(O)C(C)O1. The van der Waals surface area contributed by atoms with Gasteiger partial charge in [-0.15, -0.1) is 0 Å². The Labute approximate surface area is 347 Å². The van der Waals surface area contributed by atoms with E-state index in [0.717, 1.165) is 0 Å². The van der Waals surface area contributed by atoms with Crippen LogP contribution in [-0.4, -0.2) is 151 Å². The van der Waals surface area contributed by atoms with E-state index in [0.29, 0.717) is 19.3 Å². The zero-order chi connectivity index (χ0) is 43.1. The molecule has 17 nitrogen and oxygen atoms in total. The number of benzene rings is 1. The van der Waals surface area contributed by atoms with E-state index in [-0.39, 0.29) is 47.6 Å². The molecule has 60 heavy (non-hydrogen) atoms. The minimum Gasteiger partial charge on any atom is -0.507 e. The molecule has 1 aromatic carbocycles. The number of fused-ring (bicyclic) bond motifs is 3. The molecule has 4 heterocycles. The lowest BCUT2D eigenvalue weighted by atomic mass is 9.57. The van der Waals surface area contributed by atoms with Crippen molar-refractivity contribution in [2.45, 2.75) is 189 Å². The van der Waals surface area contributed by atoms with Crippen molar-refractivity contribution >= 4 is 17.3 Å². The molecule has 0 bridgehead atoms. The number of hydrogen-bond acceptors (Lipinski definition) is 17. The number of Topliss-reactive ketones (excluding diaryl/α,β-unsaturated/α-hetero) is 3. The maximum absolute atomic E-state index is 14.3. The normalized spacial score (nSPS) is 45.9. The van der Waals surface area contributed by atoms with E-state index in [4.69, 9.17) is 37.9 Å². The quantitative estimate of drug-likeness (QED) is 0.218. The summed E-state index contributed by atoms with van der Waals surface area (Å²) in [6.45, 7) is 8.38. The number of allylic oxidation sites excluding steroid dienone is 2. The molecule has 0 radical (unpaired) electrons. The summed E-state index contributed by atoms with van der Waals surface area (Å²) in [6, 6.07) is 4.05. The first-order valence-corrected chi connectivity index (χ1v) is 20.9. The maximum Gasteiger partial charge on any atom is 0.198 e. The molecule has 17 atom stereocenters. The Hall–Kier alpha value is -3.01. The highest BCUT2D eigenvalue weighted by Crippen LogP contribution is 2.54. The van der Waals surface area contributed by atoms with Gasteiger partial charge in [-0.05, 0) is 59.6 Å². The van der Waals surface area contributed by atoms with Crippen molar-refractivity contribution in [1.29, 1.82) is 0 Å². The van der Waals surface area contributed by atoms with Crippen LogP contribution in [0.15, 0.2) is 41.5 Å². The number of phenolic OH excluding ortho intramolecular Hbond substituents is 1. The number of ether oxygens (including phenoxy) is 8. The predicted molar refractivity (Wildman–Crippen MR) is 204 cm³/mol.